The molecule has 1 N–H and O–H groups in total. The average Bonchev–Trinajstić information content (AvgIpc) is 2.95. The number of carbonyl (C=O) groups is 1. The van der Waals surface area contributed by atoms with Crippen molar-refractivity contribution in [3.63, 3.8) is 0 Å². The number of hydrogen-bond acceptors (Lipinski definition) is 7. The van der Waals surface area contributed by atoms with E-state index in [1.165, 1.54) is 30.3 Å². The maximum Gasteiger partial charge on any atom is 0.365 e. The third-order valence-corrected chi connectivity index (χ3v) is 6.24. The summed E-state index contributed by atoms with van der Waals surface area (Å²) in [7, 11) is -4.35. The lowest BCUT2D eigenvalue weighted by Crippen LogP contribution is -2.38. The second-order valence-electron chi connectivity index (χ2n) is 6.18. The van der Waals surface area contributed by atoms with Gasteiger partial charge >= 0.3 is 11.6 Å². The van der Waals surface area contributed by atoms with Gasteiger partial charge in [0.25, 0.3) is 0 Å². The number of sulfone groups is 1. The van der Waals surface area contributed by atoms with E-state index in [0.29, 0.717) is 12.8 Å². The van der Waals surface area contributed by atoms with Gasteiger partial charge in [-0.25, -0.2) is 8.42 Å². The molecule has 0 bridgehead atoms. The summed E-state index contributed by atoms with van der Waals surface area (Å²) in [6.45, 7) is 1.92. The van der Waals surface area contributed by atoms with Crippen LogP contribution in [-0.4, -0.2) is 24.2 Å². The van der Waals surface area contributed by atoms with E-state index in [2.05, 4.69) is 0 Å². The van der Waals surface area contributed by atoms with Crippen molar-refractivity contribution >= 4 is 32.3 Å². The first kappa shape index (κ1) is 18.8. The summed E-state index contributed by atoms with van der Waals surface area (Å²) in [5.41, 5.74) is -1.09. The van der Waals surface area contributed by atoms with E-state index in [-0.39, 0.29) is 10.3 Å². The molecule has 8 nitrogen and oxygen atoms in total. The molecule has 1 aliphatic carbocycles. The molecule has 142 valence electrons. The minimum absolute atomic E-state index is 0.162. The highest BCUT2D eigenvalue weighted by Crippen LogP contribution is 2.30. The number of furan rings is 1. The van der Waals surface area contributed by atoms with E-state index in [1.54, 1.807) is 6.07 Å². The molecule has 0 fully saturated rings. The van der Waals surface area contributed by atoms with Crippen LogP contribution in [0.5, 0.6) is 5.95 Å². The van der Waals surface area contributed by atoms with E-state index in [1.807, 2.05) is 6.92 Å². The van der Waals surface area contributed by atoms with Gasteiger partial charge < -0.3 is 9.52 Å². The van der Waals surface area contributed by atoms with Gasteiger partial charge in [0.1, 0.15) is 15.5 Å². The van der Waals surface area contributed by atoms with Crippen molar-refractivity contribution in [1.29, 1.82) is 0 Å². The van der Waals surface area contributed by atoms with E-state index in [4.69, 9.17) is 4.42 Å². The summed E-state index contributed by atoms with van der Waals surface area (Å²) in [5.74, 6) is -2.55. The van der Waals surface area contributed by atoms with Crippen LogP contribution in [-0.2, 0) is 14.6 Å². The molecule has 1 aromatic carbocycles. The number of carbonyl (C=O) groups excluding carboxylic acids is 1. The monoisotopic (exact) mass is 391 g/mol. The number of ketones is 1. The van der Waals surface area contributed by atoms with Crippen LogP contribution in [0.1, 0.15) is 26.2 Å². The highest BCUT2D eigenvalue weighted by atomic mass is 32.2. The lowest BCUT2D eigenvalue weighted by Gasteiger charge is -2.16. The highest BCUT2D eigenvalue weighted by molar-refractivity contribution is 8.01. The normalized spacial score (nSPS) is 16.7. The van der Waals surface area contributed by atoms with Gasteiger partial charge in [0.2, 0.25) is 9.84 Å². The summed E-state index contributed by atoms with van der Waals surface area (Å²) in [4.78, 5) is 22.6. The van der Waals surface area contributed by atoms with Gasteiger partial charge in [-0.2, -0.15) is 0 Å². The van der Waals surface area contributed by atoms with E-state index < -0.39 is 48.2 Å². The van der Waals surface area contributed by atoms with Gasteiger partial charge in [-0.15, -0.1) is 0 Å². The minimum atomic E-state index is -4.35. The lowest BCUT2D eigenvalue weighted by atomic mass is 9.93. The molecule has 0 saturated carbocycles. The summed E-state index contributed by atoms with van der Waals surface area (Å²) in [5, 5.41) is 20.7. The SMILES string of the molecule is CCCCC1C=c2oc(O)c([N+](=O)[O-])c2=C(S(=O)(=O)c2ccccc2)C1=O. The maximum atomic E-state index is 13.1. The molecule has 1 atom stereocenters. The van der Waals surface area contributed by atoms with Gasteiger partial charge in [0.05, 0.1) is 9.82 Å². The number of benzene rings is 1. The molecule has 0 spiro atoms. The van der Waals surface area contributed by atoms with E-state index in [9.17, 15) is 28.4 Å². The fraction of sp³-hybridized carbons (Fsp3) is 0.278. The molecule has 0 saturated heterocycles. The Bertz CT molecular complexity index is 1130. The van der Waals surface area contributed by atoms with Crippen LogP contribution in [0, 0.1) is 16.0 Å². The number of rotatable bonds is 6. The van der Waals surface area contributed by atoms with Crippen molar-refractivity contribution in [2.75, 3.05) is 0 Å². The Morgan fingerprint density at radius 2 is 1.93 bits per heavy atom. The molecular weight excluding hydrogens is 374 g/mol. The van der Waals surface area contributed by atoms with Gasteiger partial charge in [-0.3, -0.25) is 14.9 Å². The number of nitro groups is 1. The summed E-state index contributed by atoms with van der Waals surface area (Å²) in [6.07, 6.45) is 3.17. The molecule has 1 aliphatic rings. The topological polar surface area (TPSA) is 128 Å². The zero-order chi connectivity index (χ0) is 19.8. The molecule has 1 unspecified atom stereocenters. The number of unbranched alkanes of at least 4 members (excludes halogenated alkanes) is 1. The maximum absolute atomic E-state index is 13.1. The first-order valence-electron chi connectivity index (χ1n) is 8.35. The molecule has 9 heteroatoms. The van der Waals surface area contributed by atoms with Crippen molar-refractivity contribution in [2.45, 2.75) is 31.1 Å². The Hall–Kier alpha value is -2.94. The van der Waals surface area contributed by atoms with Crippen molar-refractivity contribution in [3.05, 3.63) is 51.1 Å². The molecule has 0 radical (unpaired) electrons. The van der Waals surface area contributed by atoms with Crippen LogP contribution in [0.25, 0.3) is 11.0 Å². The first-order valence-corrected chi connectivity index (χ1v) is 9.84. The number of hydrogen-bond donors (Lipinski definition) is 1. The number of nitrogens with zero attached hydrogens (tertiary/aromatic N) is 1. The Balaban J connectivity index is 2.40. The zero-order valence-corrected chi connectivity index (χ0v) is 15.2. The molecule has 0 aliphatic heterocycles. The molecule has 2 aromatic rings. The number of Topliss-reactive ketones (excluding diaryl/α,β-unsaturated/α-hetero) is 1. The Morgan fingerprint density at radius 3 is 2.52 bits per heavy atom. The largest absolute Gasteiger partial charge is 0.476 e. The van der Waals surface area contributed by atoms with Crippen molar-refractivity contribution in [2.24, 2.45) is 5.92 Å². The molecule has 1 heterocycles. The zero-order valence-electron chi connectivity index (χ0n) is 14.4. The fourth-order valence-electron chi connectivity index (χ4n) is 3.11. The first-order chi connectivity index (χ1) is 12.8. The Morgan fingerprint density at radius 1 is 1.26 bits per heavy atom. The van der Waals surface area contributed by atoms with Crippen molar-refractivity contribution in [1.82, 2.24) is 0 Å². The van der Waals surface area contributed by atoms with Crippen molar-refractivity contribution < 1.29 is 27.7 Å². The van der Waals surface area contributed by atoms with Crippen LogP contribution in [0.2, 0.25) is 0 Å². The summed E-state index contributed by atoms with van der Waals surface area (Å²) < 4.78 is 31.3. The van der Waals surface area contributed by atoms with Crippen LogP contribution < -0.4 is 10.6 Å². The van der Waals surface area contributed by atoms with E-state index in [0.717, 1.165) is 6.42 Å². The van der Waals surface area contributed by atoms with Gasteiger partial charge in [-0.05, 0) is 24.6 Å². The molecular formula is C18H17NO7S. The summed E-state index contributed by atoms with van der Waals surface area (Å²) in [6, 6.07) is 7.20. The van der Waals surface area contributed by atoms with Crippen LogP contribution in [0.3, 0.4) is 0 Å². The standard InChI is InChI=1S/C18H17NO7S/c1-2-3-7-11-10-13-14(15(19(22)23)18(21)26-13)17(16(11)20)27(24,25)12-8-5-4-6-9-12/h4-6,8-11,21H,2-3,7H2,1H3. The average molecular weight is 391 g/mol. The minimum Gasteiger partial charge on any atom is -0.476 e. The van der Waals surface area contributed by atoms with Gasteiger partial charge in [-0.1, -0.05) is 38.0 Å². The van der Waals surface area contributed by atoms with Crippen molar-refractivity contribution in [3.8, 4) is 5.95 Å². The number of aromatic hydroxyl groups is 1. The van der Waals surface area contributed by atoms with Crippen LogP contribution >= 0.6 is 0 Å². The van der Waals surface area contributed by atoms with Crippen LogP contribution in [0.4, 0.5) is 5.69 Å². The van der Waals surface area contributed by atoms with E-state index >= 15 is 0 Å². The predicted octanol–water partition coefficient (Wildman–Crippen LogP) is 1.65. The van der Waals surface area contributed by atoms with Gasteiger partial charge in [0, 0.05) is 5.92 Å². The third kappa shape index (κ3) is 3.14. The predicted molar refractivity (Wildman–Crippen MR) is 95.8 cm³/mol. The molecule has 27 heavy (non-hydrogen) atoms. The van der Waals surface area contributed by atoms with Gasteiger partial charge in [0.15, 0.2) is 5.78 Å². The third-order valence-electron chi connectivity index (χ3n) is 4.41. The molecule has 1 aromatic heterocycles. The quantitative estimate of drug-likeness (QED) is 0.585. The smallest absolute Gasteiger partial charge is 0.365 e. The Labute approximate surface area is 154 Å². The highest BCUT2D eigenvalue weighted by Gasteiger charge is 2.39. The number of fused-ring (bicyclic) bond motifs is 1. The second-order valence-corrected chi connectivity index (χ2v) is 8.06. The Kier molecular flexibility index (Phi) is 4.88. The lowest BCUT2D eigenvalue weighted by molar-refractivity contribution is -0.387. The van der Waals surface area contributed by atoms with Crippen LogP contribution in [0.15, 0.2) is 39.6 Å². The fourth-order valence-corrected chi connectivity index (χ4v) is 4.74. The second kappa shape index (κ2) is 6.99. The summed E-state index contributed by atoms with van der Waals surface area (Å²) >= 11 is 0. The molecule has 3 rings (SSSR count). The molecule has 0 amide bonds.